The average Bonchev–Trinajstić information content (AvgIpc) is 3.01. The molecule has 6 heteroatoms. The highest BCUT2D eigenvalue weighted by atomic mass is 32.2. The Morgan fingerprint density at radius 3 is 3.09 bits per heavy atom. The maximum Gasteiger partial charge on any atom is 0.147 e. The minimum absolute atomic E-state index is 0.248. The first-order valence-electron chi connectivity index (χ1n) is 6.83. The first kappa shape index (κ1) is 13.3. The first-order chi connectivity index (χ1) is 10.8. The van der Waals surface area contributed by atoms with Crippen molar-refractivity contribution in [3.63, 3.8) is 0 Å². The molecule has 0 spiro atoms. The van der Waals surface area contributed by atoms with Crippen molar-refractivity contribution in [3.05, 3.63) is 66.0 Å². The minimum Gasteiger partial charge on any atom is -0.489 e. The molecular weight excluding hydrogens is 301 g/mol. The zero-order valence-corrected chi connectivity index (χ0v) is 12.4. The second-order valence-electron chi connectivity index (χ2n) is 4.95. The Bertz CT molecular complexity index is 834. The normalized spacial score (nSPS) is 12.6. The molecule has 0 radical (unpaired) electrons. The smallest absolute Gasteiger partial charge is 0.147 e. The van der Waals surface area contributed by atoms with E-state index in [1.54, 1.807) is 24.2 Å². The van der Waals surface area contributed by atoms with Crippen LogP contribution in [-0.2, 0) is 12.4 Å². The largest absolute Gasteiger partial charge is 0.489 e. The molecule has 4 rings (SSSR count). The van der Waals surface area contributed by atoms with E-state index < -0.39 is 0 Å². The molecule has 4 nitrogen and oxygen atoms in total. The molecule has 2 heterocycles. The van der Waals surface area contributed by atoms with Gasteiger partial charge in [0.05, 0.1) is 11.4 Å². The predicted octanol–water partition coefficient (Wildman–Crippen LogP) is 3.59. The standard InChI is InChI=1S/C16H12FN3OS/c17-12-3-1-2-11(6-12)8-21-13-4-5-14-15(7-13)22-9-16-19-18-10-20(14)16/h1-7,10H,8-9H2. The maximum atomic E-state index is 13.2. The third-order valence-electron chi connectivity index (χ3n) is 3.46. The molecule has 2 aromatic carbocycles. The Labute approximate surface area is 130 Å². The number of fused-ring (bicyclic) bond motifs is 3. The van der Waals surface area contributed by atoms with Gasteiger partial charge in [0.25, 0.3) is 0 Å². The number of aromatic nitrogens is 3. The van der Waals surface area contributed by atoms with Gasteiger partial charge in [-0.25, -0.2) is 4.39 Å². The van der Waals surface area contributed by atoms with Crippen molar-refractivity contribution in [2.45, 2.75) is 17.3 Å². The summed E-state index contributed by atoms with van der Waals surface area (Å²) in [7, 11) is 0. The van der Waals surface area contributed by atoms with Gasteiger partial charge in [-0.1, -0.05) is 12.1 Å². The van der Waals surface area contributed by atoms with E-state index in [-0.39, 0.29) is 5.82 Å². The van der Waals surface area contributed by atoms with Crippen molar-refractivity contribution in [2.75, 3.05) is 0 Å². The van der Waals surface area contributed by atoms with Crippen molar-refractivity contribution in [1.29, 1.82) is 0 Å². The summed E-state index contributed by atoms with van der Waals surface area (Å²) in [5.41, 5.74) is 1.88. The summed E-state index contributed by atoms with van der Waals surface area (Å²) >= 11 is 1.71. The topological polar surface area (TPSA) is 39.9 Å². The highest BCUT2D eigenvalue weighted by Crippen LogP contribution is 2.36. The summed E-state index contributed by atoms with van der Waals surface area (Å²) in [6.45, 7) is 0.346. The van der Waals surface area contributed by atoms with E-state index >= 15 is 0 Å². The fourth-order valence-electron chi connectivity index (χ4n) is 2.39. The van der Waals surface area contributed by atoms with Crippen LogP contribution in [0.25, 0.3) is 5.69 Å². The van der Waals surface area contributed by atoms with Crippen molar-refractivity contribution in [1.82, 2.24) is 14.8 Å². The molecule has 1 aliphatic heterocycles. The van der Waals surface area contributed by atoms with E-state index in [1.165, 1.54) is 12.1 Å². The SMILES string of the molecule is Fc1cccc(COc2ccc3c(c2)SCc2nncn2-3)c1. The molecule has 22 heavy (non-hydrogen) atoms. The highest BCUT2D eigenvalue weighted by molar-refractivity contribution is 7.98. The summed E-state index contributed by atoms with van der Waals surface area (Å²) < 4.78 is 20.9. The lowest BCUT2D eigenvalue weighted by molar-refractivity contribution is 0.305. The Kier molecular flexibility index (Phi) is 3.31. The highest BCUT2D eigenvalue weighted by Gasteiger charge is 2.17. The van der Waals surface area contributed by atoms with Gasteiger partial charge in [-0.2, -0.15) is 0 Å². The van der Waals surface area contributed by atoms with Crippen LogP contribution in [0.1, 0.15) is 11.4 Å². The zero-order chi connectivity index (χ0) is 14.9. The van der Waals surface area contributed by atoms with Crippen LogP contribution in [0.5, 0.6) is 5.75 Å². The van der Waals surface area contributed by atoms with Crippen molar-refractivity contribution < 1.29 is 9.13 Å². The van der Waals surface area contributed by atoms with Gasteiger partial charge in [-0.05, 0) is 35.9 Å². The molecule has 0 atom stereocenters. The third kappa shape index (κ3) is 2.46. The van der Waals surface area contributed by atoms with Crippen LogP contribution in [0.2, 0.25) is 0 Å². The number of rotatable bonds is 3. The van der Waals surface area contributed by atoms with Gasteiger partial charge in [0, 0.05) is 4.90 Å². The molecule has 0 N–H and O–H groups in total. The fourth-order valence-corrected chi connectivity index (χ4v) is 3.39. The van der Waals surface area contributed by atoms with Gasteiger partial charge in [-0.3, -0.25) is 4.57 Å². The van der Waals surface area contributed by atoms with Crippen LogP contribution >= 0.6 is 11.8 Å². The number of thioether (sulfide) groups is 1. The molecule has 1 aliphatic rings. The van der Waals surface area contributed by atoms with Crippen LogP contribution in [0.3, 0.4) is 0 Å². The van der Waals surface area contributed by atoms with Crippen LogP contribution < -0.4 is 4.74 Å². The van der Waals surface area contributed by atoms with Gasteiger partial charge >= 0.3 is 0 Å². The number of hydrogen-bond donors (Lipinski definition) is 0. The van der Waals surface area contributed by atoms with E-state index in [0.717, 1.165) is 33.5 Å². The molecule has 0 bridgehead atoms. The zero-order valence-electron chi connectivity index (χ0n) is 11.6. The van der Waals surface area contributed by atoms with E-state index in [4.69, 9.17) is 4.74 Å². The summed E-state index contributed by atoms with van der Waals surface area (Å²) in [6, 6.07) is 12.3. The van der Waals surface area contributed by atoms with Gasteiger partial charge in [0.2, 0.25) is 0 Å². The molecule has 110 valence electrons. The molecule has 0 unspecified atom stereocenters. The summed E-state index contributed by atoms with van der Waals surface area (Å²) in [5.74, 6) is 2.26. The first-order valence-corrected chi connectivity index (χ1v) is 7.81. The monoisotopic (exact) mass is 313 g/mol. The maximum absolute atomic E-state index is 13.2. The Morgan fingerprint density at radius 2 is 2.18 bits per heavy atom. The van der Waals surface area contributed by atoms with Gasteiger partial charge in [0.15, 0.2) is 0 Å². The second-order valence-corrected chi connectivity index (χ2v) is 5.97. The summed E-state index contributed by atoms with van der Waals surface area (Å²) in [6.07, 6.45) is 1.72. The molecule has 0 fully saturated rings. The van der Waals surface area contributed by atoms with E-state index in [9.17, 15) is 4.39 Å². The molecule has 0 aliphatic carbocycles. The lowest BCUT2D eigenvalue weighted by Gasteiger charge is -2.18. The van der Waals surface area contributed by atoms with Crippen LogP contribution in [-0.4, -0.2) is 14.8 Å². The molecular formula is C16H12FN3OS. The number of benzene rings is 2. The number of halogens is 1. The van der Waals surface area contributed by atoms with Gasteiger partial charge in [-0.15, -0.1) is 22.0 Å². The number of hydrogen-bond acceptors (Lipinski definition) is 4. The molecule has 3 aromatic rings. The molecule has 0 saturated carbocycles. The second kappa shape index (κ2) is 5.46. The van der Waals surface area contributed by atoms with Gasteiger partial charge in [0.1, 0.15) is 30.3 Å². The molecule has 1 aromatic heterocycles. The van der Waals surface area contributed by atoms with E-state index in [1.807, 2.05) is 28.8 Å². The summed E-state index contributed by atoms with van der Waals surface area (Å²) in [4.78, 5) is 1.13. The van der Waals surface area contributed by atoms with E-state index in [2.05, 4.69) is 10.2 Å². The number of ether oxygens (including phenoxy) is 1. The van der Waals surface area contributed by atoms with Crippen LogP contribution in [0.15, 0.2) is 53.7 Å². The van der Waals surface area contributed by atoms with Gasteiger partial charge < -0.3 is 4.74 Å². The number of nitrogens with zero attached hydrogens (tertiary/aromatic N) is 3. The molecule has 0 amide bonds. The molecule has 0 saturated heterocycles. The Morgan fingerprint density at radius 1 is 1.23 bits per heavy atom. The van der Waals surface area contributed by atoms with Crippen LogP contribution in [0, 0.1) is 5.82 Å². The van der Waals surface area contributed by atoms with E-state index in [0.29, 0.717) is 6.61 Å². The lowest BCUT2D eigenvalue weighted by atomic mass is 10.2. The van der Waals surface area contributed by atoms with Crippen molar-refractivity contribution in [2.24, 2.45) is 0 Å². The summed E-state index contributed by atoms with van der Waals surface area (Å²) in [5, 5.41) is 8.03. The van der Waals surface area contributed by atoms with Crippen LogP contribution in [0.4, 0.5) is 4.39 Å². The third-order valence-corrected chi connectivity index (χ3v) is 4.50. The lowest BCUT2D eigenvalue weighted by Crippen LogP contribution is -2.06. The van der Waals surface area contributed by atoms with Crippen molar-refractivity contribution >= 4 is 11.8 Å². The quantitative estimate of drug-likeness (QED) is 0.741. The Hall–Kier alpha value is -2.34. The fraction of sp³-hybridized carbons (Fsp3) is 0.125. The Balaban J connectivity index is 1.55. The predicted molar refractivity (Wildman–Crippen MR) is 81.7 cm³/mol. The van der Waals surface area contributed by atoms with Crippen molar-refractivity contribution in [3.8, 4) is 11.4 Å². The minimum atomic E-state index is -0.248. The average molecular weight is 313 g/mol.